The molecule has 1 aliphatic rings. The van der Waals surface area contributed by atoms with E-state index in [9.17, 15) is 4.79 Å². The number of Topliss-reactive ketones (excluding diaryl/α,β-unsaturated/α-hetero) is 1. The number of ketones is 1. The highest BCUT2D eigenvalue weighted by Crippen LogP contribution is 2.32. The topological polar surface area (TPSA) is 34.9 Å². The van der Waals surface area contributed by atoms with E-state index in [0.717, 1.165) is 31.0 Å². The highest BCUT2D eigenvalue weighted by atomic mass is 16.1. The number of aromatic nitrogens is 2. The molecule has 0 bridgehead atoms. The molecule has 0 saturated heterocycles. The third-order valence-electron chi connectivity index (χ3n) is 4.00. The summed E-state index contributed by atoms with van der Waals surface area (Å²) in [6.45, 7) is 5.03. The van der Waals surface area contributed by atoms with Crippen LogP contribution in [0.1, 0.15) is 56.4 Å². The van der Waals surface area contributed by atoms with Gasteiger partial charge in [0.1, 0.15) is 5.69 Å². The van der Waals surface area contributed by atoms with Gasteiger partial charge in [0, 0.05) is 18.7 Å². The average molecular weight is 234 g/mol. The van der Waals surface area contributed by atoms with Gasteiger partial charge in [-0.05, 0) is 31.7 Å². The van der Waals surface area contributed by atoms with Crippen molar-refractivity contribution in [2.24, 2.45) is 11.8 Å². The second-order valence-electron chi connectivity index (χ2n) is 5.03. The lowest BCUT2D eigenvalue weighted by atomic mass is 9.78. The Morgan fingerprint density at radius 2 is 2.29 bits per heavy atom. The van der Waals surface area contributed by atoms with Gasteiger partial charge < -0.3 is 0 Å². The number of rotatable bonds is 4. The first-order valence-electron chi connectivity index (χ1n) is 6.82. The second kappa shape index (κ2) is 5.48. The fourth-order valence-corrected chi connectivity index (χ4v) is 2.90. The van der Waals surface area contributed by atoms with Gasteiger partial charge in [0.25, 0.3) is 0 Å². The van der Waals surface area contributed by atoms with Gasteiger partial charge in [-0.2, -0.15) is 5.10 Å². The molecule has 0 N–H and O–H groups in total. The highest BCUT2D eigenvalue weighted by molar-refractivity contribution is 5.96. The minimum absolute atomic E-state index is 0.232. The van der Waals surface area contributed by atoms with E-state index in [0.29, 0.717) is 5.78 Å². The van der Waals surface area contributed by atoms with Crippen molar-refractivity contribution in [1.29, 1.82) is 0 Å². The largest absolute Gasteiger partial charge is 0.292 e. The van der Waals surface area contributed by atoms with Crippen LogP contribution < -0.4 is 0 Å². The molecule has 0 aromatic carbocycles. The molecule has 2 unspecified atom stereocenters. The molecule has 3 nitrogen and oxygen atoms in total. The van der Waals surface area contributed by atoms with Crippen molar-refractivity contribution in [3.05, 3.63) is 18.0 Å². The Kier molecular flexibility index (Phi) is 3.97. The minimum Gasteiger partial charge on any atom is -0.292 e. The lowest BCUT2D eigenvalue weighted by Crippen LogP contribution is -2.24. The second-order valence-corrected chi connectivity index (χ2v) is 5.03. The van der Waals surface area contributed by atoms with Crippen LogP contribution in [0, 0.1) is 11.8 Å². The van der Waals surface area contributed by atoms with Crippen molar-refractivity contribution in [2.45, 2.75) is 52.5 Å². The lowest BCUT2D eigenvalue weighted by Gasteiger charge is -2.27. The van der Waals surface area contributed by atoms with Crippen LogP contribution >= 0.6 is 0 Å². The van der Waals surface area contributed by atoms with Crippen molar-refractivity contribution < 1.29 is 4.79 Å². The van der Waals surface area contributed by atoms with Gasteiger partial charge in [-0.25, -0.2) is 0 Å². The van der Waals surface area contributed by atoms with Crippen molar-refractivity contribution in [2.75, 3.05) is 0 Å². The first kappa shape index (κ1) is 12.3. The quantitative estimate of drug-likeness (QED) is 0.749. The minimum atomic E-state index is 0.232. The molecule has 0 radical (unpaired) electrons. The number of hydrogen-bond acceptors (Lipinski definition) is 2. The molecular weight excluding hydrogens is 212 g/mol. The molecule has 94 valence electrons. The summed E-state index contributed by atoms with van der Waals surface area (Å²) in [6, 6.07) is 1.86. The Hall–Kier alpha value is -1.12. The fraction of sp³-hybridized carbons (Fsp3) is 0.714. The molecule has 0 spiro atoms. The molecule has 17 heavy (non-hydrogen) atoms. The zero-order chi connectivity index (χ0) is 12.3. The van der Waals surface area contributed by atoms with Crippen LogP contribution in [0.25, 0.3) is 0 Å². The van der Waals surface area contributed by atoms with Crippen LogP contribution in [0.15, 0.2) is 12.3 Å². The number of aryl methyl sites for hydroxylation is 1. The van der Waals surface area contributed by atoms with Crippen molar-refractivity contribution in [1.82, 2.24) is 9.78 Å². The number of carbonyl (C=O) groups excluding carboxylic acids is 1. The van der Waals surface area contributed by atoms with E-state index in [1.165, 1.54) is 19.3 Å². The molecule has 1 aromatic heterocycles. The van der Waals surface area contributed by atoms with Crippen molar-refractivity contribution >= 4 is 5.78 Å². The van der Waals surface area contributed by atoms with Gasteiger partial charge >= 0.3 is 0 Å². The summed E-state index contributed by atoms with van der Waals surface area (Å²) < 4.78 is 1.82. The Labute approximate surface area is 103 Å². The summed E-state index contributed by atoms with van der Waals surface area (Å²) in [5.41, 5.74) is 0.800. The standard InChI is InChI=1S/C14H22N2O/c1-3-11-6-5-7-12(10-11)14(17)13-8-9-15-16(13)4-2/h8-9,11-12H,3-7,10H2,1-2H3. The van der Waals surface area contributed by atoms with E-state index >= 15 is 0 Å². The summed E-state index contributed by atoms with van der Waals surface area (Å²) >= 11 is 0. The highest BCUT2D eigenvalue weighted by Gasteiger charge is 2.28. The maximum absolute atomic E-state index is 12.4. The Bertz CT molecular complexity index is 383. The van der Waals surface area contributed by atoms with E-state index in [2.05, 4.69) is 12.0 Å². The summed E-state index contributed by atoms with van der Waals surface area (Å²) in [4.78, 5) is 12.4. The normalized spacial score (nSPS) is 24.8. The molecule has 1 saturated carbocycles. The van der Waals surface area contributed by atoms with Crippen molar-refractivity contribution in [3.63, 3.8) is 0 Å². The maximum atomic E-state index is 12.4. The maximum Gasteiger partial charge on any atom is 0.183 e. The SMILES string of the molecule is CCC1CCCC(C(=O)c2ccnn2CC)C1. The third-order valence-corrected chi connectivity index (χ3v) is 4.00. The predicted octanol–water partition coefficient (Wildman–Crippen LogP) is 3.30. The Morgan fingerprint density at radius 3 is 3.00 bits per heavy atom. The first-order valence-corrected chi connectivity index (χ1v) is 6.82. The van der Waals surface area contributed by atoms with E-state index < -0.39 is 0 Å². The average Bonchev–Trinajstić information content (AvgIpc) is 2.86. The van der Waals surface area contributed by atoms with Gasteiger partial charge in [0.2, 0.25) is 0 Å². The molecule has 1 aromatic rings. The Balaban J connectivity index is 2.09. The van der Waals surface area contributed by atoms with Crippen LogP contribution in [0.2, 0.25) is 0 Å². The van der Waals surface area contributed by atoms with Crippen molar-refractivity contribution in [3.8, 4) is 0 Å². The Morgan fingerprint density at radius 1 is 1.47 bits per heavy atom. The summed E-state index contributed by atoms with van der Waals surface area (Å²) in [6.07, 6.45) is 7.57. The van der Waals surface area contributed by atoms with Crippen LogP contribution in [-0.2, 0) is 6.54 Å². The van der Waals surface area contributed by atoms with Gasteiger partial charge in [0.15, 0.2) is 5.78 Å². The lowest BCUT2D eigenvalue weighted by molar-refractivity contribution is 0.0850. The smallest absolute Gasteiger partial charge is 0.183 e. The van der Waals surface area contributed by atoms with E-state index in [4.69, 9.17) is 0 Å². The van der Waals surface area contributed by atoms with Crippen LogP contribution in [-0.4, -0.2) is 15.6 Å². The third kappa shape index (κ3) is 2.59. The predicted molar refractivity (Wildman–Crippen MR) is 68.0 cm³/mol. The summed E-state index contributed by atoms with van der Waals surface area (Å²) in [5, 5.41) is 4.19. The van der Waals surface area contributed by atoms with Crippen LogP contribution in [0.3, 0.4) is 0 Å². The van der Waals surface area contributed by atoms with E-state index in [-0.39, 0.29) is 5.92 Å². The molecule has 1 aliphatic carbocycles. The van der Waals surface area contributed by atoms with Gasteiger partial charge in [-0.3, -0.25) is 9.48 Å². The first-order chi connectivity index (χ1) is 8.26. The molecule has 1 heterocycles. The van der Waals surface area contributed by atoms with Gasteiger partial charge in [0.05, 0.1) is 0 Å². The molecule has 1 fully saturated rings. The summed E-state index contributed by atoms with van der Waals surface area (Å²) in [5.74, 6) is 1.29. The monoisotopic (exact) mass is 234 g/mol. The van der Waals surface area contributed by atoms with Crippen LogP contribution in [0.4, 0.5) is 0 Å². The van der Waals surface area contributed by atoms with Gasteiger partial charge in [-0.15, -0.1) is 0 Å². The number of nitrogens with zero attached hydrogens (tertiary/aromatic N) is 2. The fourth-order valence-electron chi connectivity index (χ4n) is 2.90. The molecule has 3 heteroatoms. The summed E-state index contributed by atoms with van der Waals surface area (Å²) in [7, 11) is 0. The van der Waals surface area contributed by atoms with E-state index in [1.807, 2.05) is 17.7 Å². The zero-order valence-corrected chi connectivity index (χ0v) is 10.9. The van der Waals surface area contributed by atoms with Crippen LogP contribution in [0.5, 0.6) is 0 Å². The molecule has 2 rings (SSSR count). The molecule has 0 amide bonds. The molecular formula is C14H22N2O. The number of hydrogen-bond donors (Lipinski definition) is 0. The zero-order valence-electron chi connectivity index (χ0n) is 10.9. The molecule has 2 atom stereocenters. The van der Waals surface area contributed by atoms with Gasteiger partial charge in [-0.1, -0.05) is 26.2 Å². The van der Waals surface area contributed by atoms with E-state index in [1.54, 1.807) is 6.20 Å². The molecule has 0 aliphatic heterocycles. The number of carbonyl (C=O) groups is 1.